The van der Waals surface area contributed by atoms with Crippen molar-refractivity contribution in [2.75, 3.05) is 5.32 Å². The smallest absolute Gasteiger partial charge is 0.272 e. The highest BCUT2D eigenvalue weighted by molar-refractivity contribution is 6.31. The van der Waals surface area contributed by atoms with E-state index in [2.05, 4.69) is 20.8 Å². The van der Waals surface area contributed by atoms with Crippen LogP contribution in [0.3, 0.4) is 0 Å². The fraction of sp³-hybridized carbons (Fsp3) is 0.105. The second-order valence-corrected chi connectivity index (χ2v) is 5.93. The normalized spacial score (nSPS) is 10.4. The van der Waals surface area contributed by atoms with Gasteiger partial charge in [0.05, 0.1) is 0 Å². The summed E-state index contributed by atoms with van der Waals surface area (Å²) in [5, 5.41) is 14.1. The van der Waals surface area contributed by atoms with E-state index < -0.39 is 0 Å². The summed E-state index contributed by atoms with van der Waals surface area (Å²) in [4.78, 5) is 12.1. The summed E-state index contributed by atoms with van der Waals surface area (Å²) in [6.07, 6.45) is 0. The van der Waals surface area contributed by atoms with Gasteiger partial charge in [-0.05, 0) is 29.8 Å². The number of anilines is 1. The quantitative estimate of drug-likeness (QED) is 0.692. The van der Waals surface area contributed by atoms with Gasteiger partial charge in [0.25, 0.3) is 5.91 Å². The maximum absolute atomic E-state index is 13.6. The molecule has 7 heteroatoms. The molecule has 2 N–H and O–H groups in total. The van der Waals surface area contributed by atoms with Crippen molar-refractivity contribution in [1.82, 2.24) is 15.5 Å². The van der Waals surface area contributed by atoms with Crippen LogP contribution in [0, 0.1) is 5.82 Å². The van der Waals surface area contributed by atoms with Crippen LogP contribution < -0.4 is 10.6 Å². The molecule has 132 valence electrons. The molecule has 1 heterocycles. The lowest BCUT2D eigenvalue weighted by Crippen LogP contribution is -2.24. The third kappa shape index (κ3) is 4.55. The lowest BCUT2D eigenvalue weighted by molar-refractivity contribution is 0.0945. The lowest BCUT2D eigenvalue weighted by Gasteiger charge is -2.08. The summed E-state index contributed by atoms with van der Waals surface area (Å²) in [6, 6.07) is 16.9. The van der Waals surface area contributed by atoms with E-state index in [-0.39, 0.29) is 24.0 Å². The number of benzene rings is 2. The Bertz CT molecular complexity index is 902. The Kier molecular flexibility index (Phi) is 5.76. The number of carbonyl (C=O) groups excluding carboxylic acids is 1. The molecule has 3 aromatic rings. The Morgan fingerprint density at radius 1 is 0.923 bits per heavy atom. The molecule has 26 heavy (non-hydrogen) atoms. The van der Waals surface area contributed by atoms with Crippen LogP contribution in [0.2, 0.25) is 5.02 Å². The highest BCUT2D eigenvalue weighted by Gasteiger charge is 2.09. The van der Waals surface area contributed by atoms with Gasteiger partial charge in [-0.3, -0.25) is 4.79 Å². The molecule has 0 spiro atoms. The minimum atomic E-state index is -0.349. The first-order valence-corrected chi connectivity index (χ1v) is 8.34. The zero-order valence-corrected chi connectivity index (χ0v) is 14.5. The number of amides is 1. The van der Waals surface area contributed by atoms with E-state index in [0.717, 1.165) is 5.56 Å². The van der Waals surface area contributed by atoms with E-state index in [0.29, 0.717) is 22.9 Å². The minimum Gasteiger partial charge on any atom is -0.364 e. The molecule has 0 saturated carbocycles. The Morgan fingerprint density at radius 2 is 1.65 bits per heavy atom. The second-order valence-electron chi connectivity index (χ2n) is 5.52. The molecule has 0 aliphatic heterocycles. The third-order valence-electron chi connectivity index (χ3n) is 3.71. The van der Waals surface area contributed by atoms with Gasteiger partial charge >= 0.3 is 0 Å². The number of hydrogen-bond acceptors (Lipinski definition) is 4. The van der Waals surface area contributed by atoms with E-state index in [1.165, 1.54) is 6.07 Å². The zero-order valence-electron chi connectivity index (χ0n) is 13.7. The van der Waals surface area contributed by atoms with Crippen molar-refractivity contribution >= 4 is 23.3 Å². The molecule has 0 atom stereocenters. The van der Waals surface area contributed by atoms with Crippen LogP contribution in [0.25, 0.3) is 0 Å². The molecule has 0 fully saturated rings. The number of aromatic nitrogens is 2. The van der Waals surface area contributed by atoms with E-state index in [1.54, 1.807) is 36.4 Å². The summed E-state index contributed by atoms with van der Waals surface area (Å²) in [5.74, 6) is -0.183. The van der Waals surface area contributed by atoms with Crippen molar-refractivity contribution in [3.05, 3.63) is 88.3 Å². The molecule has 1 aromatic heterocycles. The van der Waals surface area contributed by atoms with Gasteiger partial charge in [-0.2, -0.15) is 0 Å². The Morgan fingerprint density at radius 3 is 2.35 bits per heavy atom. The monoisotopic (exact) mass is 370 g/mol. The number of nitrogens with zero attached hydrogens (tertiary/aromatic N) is 2. The maximum Gasteiger partial charge on any atom is 0.272 e. The van der Waals surface area contributed by atoms with Crippen LogP contribution in [0.5, 0.6) is 0 Å². The van der Waals surface area contributed by atoms with E-state index in [9.17, 15) is 9.18 Å². The Balaban J connectivity index is 1.56. The molecule has 0 unspecified atom stereocenters. The van der Waals surface area contributed by atoms with Crippen LogP contribution in [0.15, 0.2) is 60.7 Å². The first-order valence-electron chi connectivity index (χ1n) is 7.96. The highest BCUT2D eigenvalue weighted by Crippen LogP contribution is 2.14. The SMILES string of the molecule is O=C(NCc1ccccc1Cl)c1ccc(NCc2ccccc2F)nn1. The average Bonchev–Trinajstić information content (AvgIpc) is 2.67. The van der Waals surface area contributed by atoms with Gasteiger partial charge in [0.2, 0.25) is 0 Å². The maximum atomic E-state index is 13.6. The lowest BCUT2D eigenvalue weighted by atomic mass is 10.2. The fourth-order valence-electron chi connectivity index (χ4n) is 2.28. The average molecular weight is 371 g/mol. The predicted molar refractivity (Wildman–Crippen MR) is 98.4 cm³/mol. The van der Waals surface area contributed by atoms with Crippen molar-refractivity contribution in [3.63, 3.8) is 0 Å². The molecule has 0 aliphatic rings. The van der Waals surface area contributed by atoms with Crippen LogP contribution in [0.1, 0.15) is 21.6 Å². The minimum absolute atomic E-state index is 0.188. The topological polar surface area (TPSA) is 66.9 Å². The molecule has 1 amide bonds. The summed E-state index contributed by atoms with van der Waals surface area (Å²) in [5.41, 5.74) is 1.53. The molecule has 0 radical (unpaired) electrons. The van der Waals surface area contributed by atoms with Gasteiger partial charge in [0.1, 0.15) is 11.6 Å². The van der Waals surface area contributed by atoms with Gasteiger partial charge in [0.15, 0.2) is 5.69 Å². The zero-order chi connectivity index (χ0) is 18.4. The van der Waals surface area contributed by atoms with E-state index >= 15 is 0 Å². The predicted octanol–water partition coefficient (Wildman–Crippen LogP) is 3.81. The number of hydrogen-bond donors (Lipinski definition) is 2. The molecular weight excluding hydrogens is 355 g/mol. The summed E-state index contributed by atoms with van der Waals surface area (Å²) < 4.78 is 13.6. The molecule has 0 bridgehead atoms. The van der Waals surface area contributed by atoms with Crippen LogP contribution in [-0.2, 0) is 13.1 Å². The second kappa shape index (κ2) is 8.40. The molecule has 2 aromatic carbocycles. The van der Waals surface area contributed by atoms with Gasteiger partial charge in [0, 0.05) is 23.7 Å². The van der Waals surface area contributed by atoms with Gasteiger partial charge in [-0.1, -0.05) is 48.0 Å². The standard InChI is InChI=1S/C19H16ClFN4O/c20-15-7-3-1-5-13(15)11-23-19(26)17-9-10-18(25-24-17)22-12-14-6-2-4-8-16(14)21/h1-10H,11-12H2,(H,22,25)(H,23,26). The summed E-state index contributed by atoms with van der Waals surface area (Å²) in [7, 11) is 0. The number of rotatable bonds is 6. The number of carbonyl (C=O) groups is 1. The van der Waals surface area contributed by atoms with Gasteiger partial charge < -0.3 is 10.6 Å². The first-order chi connectivity index (χ1) is 12.6. The highest BCUT2D eigenvalue weighted by atomic mass is 35.5. The molecule has 0 saturated heterocycles. The van der Waals surface area contributed by atoms with Crippen molar-refractivity contribution in [3.8, 4) is 0 Å². The van der Waals surface area contributed by atoms with Gasteiger partial charge in [-0.15, -0.1) is 10.2 Å². The van der Waals surface area contributed by atoms with Crippen LogP contribution >= 0.6 is 11.6 Å². The molecule has 3 rings (SSSR count). The van der Waals surface area contributed by atoms with E-state index in [1.807, 2.05) is 18.2 Å². The largest absolute Gasteiger partial charge is 0.364 e. The van der Waals surface area contributed by atoms with Gasteiger partial charge in [-0.25, -0.2) is 4.39 Å². The first kappa shape index (κ1) is 17.8. The van der Waals surface area contributed by atoms with Crippen molar-refractivity contribution in [1.29, 1.82) is 0 Å². The Hall–Kier alpha value is -2.99. The molecule has 0 aliphatic carbocycles. The van der Waals surface area contributed by atoms with Crippen molar-refractivity contribution in [2.45, 2.75) is 13.1 Å². The summed E-state index contributed by atoms with van der Waals surface area (Å²) in [6.45, 7) is 0.576. The number of nitrogens with one attached hydrogen (secondary N) is 2. The molecular formula is C19H16ClFN4O. The van der Waals surface area contributed by atoms with E-state index in [4.69, 9.17) is 11.6 Å². The fourth-order valence-corrected chi connectivity index (χ4v) is 2.49. The molecule has 5 nitrogen and oxygen atoms in total. The van der Waals surface area contributed by atoms with Crippen LogP contribution in [-0.4, -0.2) is 16.1 Å². The van der Waals surface area contributed by atoms with Crippen molar-refractivity contribution in [2.24, 2.45) is 0 Å². The number of halogens is 2. The summed E-state index contributed by atoms with van der Waals surface area (Å²) >= 11 is 6.06. The van der Waals surface area contributed by atoms with Crippen molar-refractivity contribution < 1.29 is 9.18 Å². The third-order valence-corrected chi connectivity index (χ3v) is 4.08. The Labute approximate surface area is 155 Å². The van der Waals surface area contributed by atoms with Crippen LogP contribution in [0.4, 0.5) is 10.2 Å².